The van der Waals surface area contributed by atoms with Gasteiger partial charge in [0.1, 0.15) is 28.4 Å². The van der Waals surface area contributed by atoms with Crippen molar-refractivity contribution in [1.29, 1.82) is 0 Å². The van der Waals surface area contributed by atoms with Crippen molar-refractivity contribution < 1.29 is 28.4 Å². The summed E-state index contributed by atoms with van der Waals surface area (Å²) in [5.41, 5.74) is 1.08. The molecule has 1 heterocycles. The van der Waals surface area contributed by atoms with Crippen LogP contribution in [0.2, 0.25) is 10.0 Å². The van der Waals surface area contributed by atoms with Crippen LogP contribution in [0, 0.1) is 6.92 Å². The lowest BCUT2D eigenvalue weighted by molar-refractivity contribution is -0.113. The molecule has 0 spiro atoms. The average molecular weight is 637 g/mol. The Morgan fingerprint density at radius 1 is 1.07 bits per heavy atom. The summed E-state index contributed by atoms with van der Waals surface area (Å²) in [7, 11) is 1.55. The number of thioether (sulfide) groups is 1. The summed E-state index contributed by atoms with van der Waals surface area (Å²) in [4.78, 5) is 42.4. The van der Waals surface area contributed by atoms with Crippen molar-refractivity contribution in [2.45, 2.75) is 39.8 Å². The topological polar surface area (TPSA) is 144 Å². The Labute approximate surface area is 257 Å². The Morgan fingerprint density at radius 2 is 1.71 bits per heavy atom. The van der Waals surface area contributed by atoms with E-state index in [1.165, 1.54) is 11.8 Å². The quantitative estimate of drug-likeness (QED) is 0.200. The highest BCUT2D eigenvalue weighted by Crippen LogP contribution is 2.32. The van der Waals surface area contributed by atoms with Crippen molar-refractivity contribution >= 4 is 64.5 Å². The van der Waals surface area contributed by atoms with E-state index in [1.54, 1.807) is 77.5 Å². The SMILES string of the molecule is COc1ccc(-c2noc(C)c2C(=O)NC(=NCc2cc(Cl)c(NC(=O)CSC)c(Cl)c2)NC(=O)OC(C)(C)C)cc1. The second kappa shape index (κ2) is 14.4. The number of guanidine groups is 1. The number of benzene rings is 2. The van der Waals surface area contributed by atoms with Crippen LogP contribution in [-0.2, 0) is 16.1 Å². The van der Waals surface area contributed by atoms with Crippen molar-refractivity contribution in [3.63, 3.8) is 0 Å². The standard InChI is InChI=1S/C28H31Cl2N5O6S/c1-15-22(23(35-41-15)17-7-9-18(39-5)10-8-17)25(37)33-26(34-27(38)40-28(2,3)4)31-13-16-11-19(29)24(20(30)12-16)32-21(36)14-42-6/h7-12H,13-14H2,1-6H3,(H,32,36)(H2,31,33,34,37,38). The second-order valence-corrected chi connectivity index (χ2v) is 11.5. The van der Waals surface area contributed by atoms with Crippen LogP contribution in [0.4, 0.5) is 10.5 Å². The average Bonchev–Trinajstić information content (AvgIpc) is 3.29. The molecule has 14 heteroatoms. The first-order valence-corrected chi connectivity index (χ1v) is 14.7. The number of hydrogen-bond donors (Lipinski definition) is 3. The molecule has 0 fully saturated rings. The van der Waals surface area contributed by atoms with E-state index in [-0.39, 0.29) is 51.2 Å². The van der Waals surface area contributed by atoms with Crippen LogP contribution < -0.4 is 20.7 Å². The summed E-state index contributed by atoms with van der Waals surface area (Å²) in [6.45, 7) is 6.65. The molecule has 0 radical (unpaired) electrons. The molecule has 1 aromatic heterocycles. The summed E-state index contributed by atoms with van der Waals surface area (Å²) >= 11 is 14.1. The number of anilines is 1. The Hall–Kier alpha value is -3.74. The molecule has 0 saturated carbocycles. The fourth-order valence-corrected chi connectivity index (χ4v) is 4.54. The molecule has 0 aliphatic rings. The minimum atomic E-state index is -0.832. The normalized spacial score (nSPS) is 11.6. The minimum Gasteiger partial charge on any atom is -0.497 e. The van der Waals surface area contributed by atoms with Crippen LogP contribution in [0.1, 0.15) is 42.5 Å². The van der Waals surface area contributed by atoms with Crippen molar-refractivity contribution in [3.05, 3.63) is 63.3 Å². The van der Waals surface area contributed by atoms with Gasteiger partial charge >= 0.3 is 6.09 Å². The number of methoxy groups -OCH3 is 1. The van der Waals surface area contributed by atoms with Crippen molar-refractivity contribution in [1.82, 2.24) is 15.8 Å². The van der Waals surface area contributed by atoms with Gasteiger partial charge in [-0.15, -0.1) is 0 Å². The molecule has 0 saturated heterocycles. The summed E-state index contributed by atoms with van der Waals surface area (Å²) < 4.78 is 15.8. The van der Waals surface area contributed by atoms with E-state index >= 15 is 0 Å². The van der Waals surface area contributed by atoms with Gasteiger partial charge in [-0.05, 0) is 75.9 Å². The van der Waals surface area contributed by atoms with Gasteiger partial charge in [-0.1, -0.05) is 28.4 Å². The zero-order valence-electron chi connectivity index (χ0n) is 23.9. The number of carbonyl (C=O) groups is 3. The largest absolute Gasteiger partial charge is 0.497 e. The molecule has 11 nitrogen and oxygen atoms in total. The smallest absolute Gasteiger partial charge is 0.414 e. The third-order valence-corrected chi connectivity index (χ3v) is 6.51. The first-order valence-electron chi connectivity index (χ1n) is 12.5. The van der Waals surface area contributed by atoms with Gasteiger partial charge in [0.05, 0.1) is 35.1 Å². The first-order chi connectivity index (χ1) is 19.8. The molecule has 0 aliphatic heterocycles. The molecule has 3 aromatic rings. The number of ether oxygens (including phenoxy) is 2. The number of aliphatic imine (C=N–C) groups is 1. The van der Waals surface area contributed by atoms with E-state index in [0.29, 0.717) is 22.6 Å². The lowest BCUT2D eigenvalue weighted by Crippen LogP contribution is -2.46. The number of nitrogens with one attached hydrogen (secondary N) is 3. The molecule has 0 aliphatic carbocycles. The predicted molar refractivity (Wildman–Crippen MR) is 165 cm³/mol. The number of aryl methyl sites for hydroxylation is 1. The number of amides is 3. The Balaban J connectivity index is 1.89. The molecular formula is C28H31Cl2N5O6S. The monoisotopic (exact) mass is 635 g/mol. The number of aromatic nitrogens is 1. The van der Waals surface area contributed by atoms with Gasteiger partial charge in [0.2, 0.25) is 11.9 Å². The lowest BCUT2D eigenvalue weighted by atomic mass is 10.1. The van der Waals surface area contributed by atoms with Crippen LogP contribution in [0.3, 0.4) is 0 Å². The predicted octanol–water partition coefficient (Wildman–Crippen LogP) is 6.08. The summed E-state index contributed by atoms with van der Waals surface area (Å²) in [6.07, 6.45) is 0.970. The molecule has 2 aromatic carbocycles. The molecule has 42 heavy (non-hydrogen) atoms. The molecule has 3 amide bonds. The van der Waals surface area contributed by atoms with E-state index in [9.17, 15) is 14.4 Å². The van der Waals surface area contributed by atoms with Crippen LogP contribution in [0.15, 0.2) is 45.9 Å². The number of halogens is 2. The van der Waals surface area contributed by atoms with Gasteiger partial charge in [-0.3, -0.25) is 20.2 Å². The van der Waals surface area contributed by atoms with Gasteiger partial charge < -0.3 is 19.3 Å². The van der Waals surface area contributed by atoms with E-state index in [2.05, 4.69) is 26.1 Å². The van der Waals surface area contributed by atoms with Crippen LogP contribution in [0.5, 0.6) is 5.75 Å². The maximum Gasteiger partial charge on any atom is 0.414 e. The number of hydrogen-bond acceptors (Lipinski definition) is 9. The van der Waals surface area contributed by atoms with E-state index in [4.69, 9.17) is 37.2 Å². The van der Waals surface area contributed by atoms with Gasteiger partial charge in [-0.25, -0.2) is 9.79 Å². The lowest BCUT2D eigenvalue weighted by Gasteiger charge is -2.20. The van der Waals surface area contributed by atoms with Gasteiger partial charge in [0.25, 0.3) is 5.91 Å². The van der Waals surface area contributed by atoms with Gasteiger partial charge in [0.15, 0.2) is 0 Å². The van der Waals surface area contributed by atoms with E-state index in [0.717, 1.165) is 0 Å². The molecular weight excluding hydrogens is 605 g/mol. The summed E-state index contributed by atoms with van der Waals surface area (Å²) in [5.74, 6) is 0.0624. The number of nitrogens with zero attached hydrogens (tertiary/aromatic N) is 2. The van der Waals surface area contributed by atoms with Gasteiger partial charge in [0, 0.05) is 5.56 Å². The van der Waals surface area contributed by atoms with Crippen molar-refractivity contribution in [3.8, 4) is 17.0 Å². The third kappa shape index (κ3) is 9.13. The summed E-state index contributed by atoms with van der Waals surface area (Å²) in [6, 6.07) is 10.1. The molecule has 224 valence electrons. The minimum absolute atomic E-state index is 0.0438. The maximum absolute atomic E-state index is 13.4. The van der Waals surface area contributed by atoms with Crippen LogP contribution in [-0.4, -0.2) is 53.7 Å². The number of rotatable bonds is 8. The molecule has 0 atom stereocenters. The second-order valence-electron chi connectivity index (χ2n) is 9.85. The van der Waals surface area contributed by atoms with Crippen molar-refractivity contribution in [2.75, 3.05) is 24.4 Å². The maximum atomic E-state index is 13.4. The Bertz CT molecular complexity index is 1460. The fraction of sp³-hybridized carbons (Fsp3) is 0.321. The zero-order valence-corrected chi connectivity index (χ0v) is 26.2. The molecule has 3 rings (SSSR count). The number of carbonyl (C=O) groups excluding carboxylic acids is 3. The highest BCUT2D eigenvalue weighted by Gasteiger charge is 2.24. The van der Waals surface area contributed by atoms with Crippen LogP contribution in [0.25, 0.3) is 11.3 Å². The Morgan fingerprint density at radius 3 is 2.29 bits per heavy atom. The molecule has 0 unspecified atom stereocenters. The van der Waals surface area contributed by atoms with E-state index < -0.39 is 17.6 Å². The third-order valence-electron chi connectivity index (χ3n) is 5.37. The molecule has 3 N–H and O–H groups in total. The highest BCUT2D eigenvalue weighted by atomic mass is 35.5. The first kappa shape index (κ1) is 32.8. The number of alkyl carbamates (subject to hydrolysis) is 1. The molecule has 0 bridgehead atoms. The van der Waals surface area contributed by atoms with E-state index in [1.807, 2.05) is 0 Å². The van der Waals surface area contributed by atoms with Crippen molar-refractivity contribution in [2.24, 2.45) is 4.99 Å². The highest BCUT2D eigenvalue weighted by molar-refractivity contribution is 7.99. The zero-order chi connectivity index (χ0) is 31.0. The fourth-order valence-electron chi connectivity index (χ4n) is 3.58. The Kier molecular flexibility index (Phi) is 11.3. The summed E-state index contributed by atoms with van der Waals surface area (Å²) in [5, 5.41) is 12.2. The van der Waals surface area contributed by atoms with Gasteiger partial charge in [-0.2, -0.15) is 11.8 Å². The van der Waals surface area contributed by atoms with Crippen LogP contribution >= 0.6 is 35.0 Å².